The highest BCUT2D eigenvalue weighted by Crippen LogP contribution is 2.19. The summed E-state index contributed by atoms with van der Waals surface area (Å²) < 4.78 is 1.61. The predicted octanol–water partition coefficient (Wildman–Crippen LogP) is 2.37. The van der Waals surface area contributed by atoms with Crippen molar-refractivity contribution in [2.45, 2.75) is 13.5 Å². The van der Waals surface area contributed by atoms with Crippen LogP contribution < -0.4 is 5.32 Å². The summed E-state index contributed by atoms with van der Waals surface area (Å²) in [5, 5.41) is 8.13. The van der Waals surface area contributed by atoms with Crippen LogP contribution in [0.3, 0.4) is 0 Å². The first-order valence-electron chi connectivity index (χ1n) is 11.7. The smallest absolute Gasteiger partial charge is 0.274 e. The number of nitrogens with one attached hydrogen (secondary N) is 1. The Morgan fingerprint density at radius 3 is 2.44 bits per heavy atom. The number of rotatable bonds is 5. The lowest BCUT2D eigenvalue weighted by atomic mass is 10.2. The lowest BCUT2D eigenvalue weighted by Crippen LogP contribution is -2.51. The largest absolute Gasteiger partial charge is 0.338 e. The molecule has 1 aliphatic heterocycles. The average Bonchev–Trinajstić information content (AvgIpc) is 3.30. The Morgan fingerprint density at radius 2 is 1.69 bits per heavy atom. The van der Waals surface area contributed by atoms with Crippen LogP contribution in [-0.4, -0.2) is 73.4 Å². The first kappa shape index (κ1) is 23.2. The van der Waals surface area contributed by atoms with Crippen LogP contribution in [0.4, 0.5) is 5.69 Å². The van der Waals surface area contributed by atoms with Crippen LogP contribution >= 0.6 is 0 Å². The van der Waals surface area contributed by atoms with Crippen LogP contribution in [0.2, 0.25) is 0 Å². The number of aromatic nitrogens is 4. The average molecular weight is 484 g/mol. The number of aryl methyl sites for hydroxylation is 1. The number of nitrogens with zero attached hydrogens (tertiary/aromatic N) is 6. The molecule has 10 heteroatoms. The molecule has 3 heterocycles. The summed E-state index contributed by atoms with van der Waals surface area (Å²) >= 11 is 0. The molecule has 0 radical (unpaired) electrons. The van der Waals surface area contributed by atoms with E-state index in [1.165, 1.54) is 0 Å². The maximum Gasteiger partial charge on any atom is 0.274 e. The van der Waals surface area contributed by atoms with Gasteiger partial charge in [-0.15, -0.1) is 0 Å². The molecule has 2 aromatic heterocycles. The van der Waals surface area contributed by atoms with Crippen LogP contribution in [0.15, 0.2) is 67.0 Å². The second-order valence-electron chi connectivity index (χ2n) is 8.58. The van der Waals surface area contributed by atoms with Crippen LogP contribution in [0, 0.1) is 6.92 Å². The molecule has 0 aliphatic carbocycles. The SMILES string of the molecule is Cc1nccc(C(=O)Nc2ccc3nn(CC(=O)N4CCN(C(=O)c5ccccc5)CC4)cc3c2)n1. The van der Waals surface area contributed by atoms with Gasteiger partial charge in [-0.2, -0.15) is 5.10 Å². The molecule has 1 aliphatic rings. The summed E-state index contributed by atoms with van der Waals surface area (Å²) in [7, 11) is 0. The maximum atomic E-state index is 12.9. The molecule has 1 fully saturated rings. The van der Waals surface area contributed by atoms with E-state index in [1.54, 1.807) is 64.1 Å². The summed E-state index contributed by atoms with van der Waals surface area (Å²) in [6.45, 7) is 3.78. The fraction of sp³-hybridized carbons (Fsp3) is 0.231. The molecule has 0 saturated carbocycles. The molecule has 36 heavy (non-hydrogen) atoms. The van der Waals surface area contributed by atoms with E-state index in [2.05, 4.69) is 20.4 Å². The van der Waals surface area contributed by atoms with Gasteiger partial charge in [0.05, 0.1) is 5.52 Å². The van der Waals surface area contributed by atoms with Crippen molar-refractivity contribution in [3.05, 3.63) is 84.1 Å². The zero-order chi connectivity index (χ0) is 25.1. The highest BCUT2D eigenvalue weighted by Gasteiger charge is 2.25. The van der Waals surface area contributed by atoms with Crippen molar-refractivity contribution in [2.75, 3.05) is 31.5 Å². The Bertz CT molecular complexity index is 1430. The van der Waals surface area contributed by atoms with Crippen LogP contribution in [0.1, 0.15) is 26.7 Å². The summed E-state index contributed by atoms with van der Waals surface area (Å²) in [5.41, 5.74) is 2.27. The molecule has 0 atom stereocenters. The molecule has 3 amide bonds. The number of amides is 3. The molecule has 1 saturated heterocycles. The van der Waals surface area contributed by atoms with Gasteiger partial charge >= 0.3 is 0 Å². The fourth-order valence-electron chi connectivity index (χ4n) is 4.17. The van der Waals surface area contributed by atoms with Crippen LogP contribution in [0.5, 0.6) is 0 Å². The molecule has 10 nitrogen and oxygen atoms in total. The lowest BCUT2D eigenvalue weighted by molar-refractivity contribution is -0.133. The van der Waals surface area contributed by atoms with Gasteiger partial charge in [-0.1, -0.05) is 18.2 Å². The van der Waals surface area contributed by atoms with E-state index in [9.17, 15) is 14.4 Å². The number of anilines is 1. The Balaban J connectivity index is 1.19. The summed E-state index contributed by atoms with van der Waals surface area (Å²) in [6, 6.07) is 16.1. The molecule has 2 aromatic carbocycles. The number of carbonyl (C=O) groups excluding carboxylic acids is 3. The van der Waals surface area contributed by atoms with E-state index in [4.69, 9.17) is 0 Å². The standard InChI is InChI=1S/C26H25N7O3/c1-18-27-10-9-23(28-18)25(35)29-21-7-8-22-20(15-21)16-33(30-22)17-24(34)31-11-13-32(14-12-31)26(36)19-5-3-2-4-6-19/h2-10,15-16H,11-14,17H2,1H3,(H,29,35). The second kappa shape index (κ2) is 9.95. The maximum absolute atomic E-state index is 12.9. The molecular weight excluding hydrogens is 458 g/mol. The van der Waals surface area contributed by atoms with Crippen molar-refractivity contribution < 1.29 is 14.4 Å². The van der Waals surface area contributed by atoms with Crippen molar-refractivity contribution in [1.29, 1.82) is 0 Å². The van der Waals surface area contributed by atoms with E-state index in [-0.39, 0.29) is 30.0 Å². The zero-order valence-corrected chi connectivity index (χ0v) is 19.8. The second-order valence-corrected chi connectivity index (χ2v) is 8.58. The number of hydrogen-bond acceptors (Lipinski definition) is 6. The molecular formula is C26H25N7O3. The van der Waals surface area contributed by atoms with Crippen molar-refractivity contribution in [2.24, 2.45) is 0 Å². The monoisotopic (exact) mass is 483 g/mol. The molecule has 4 aromatic rings. The molecule has 0 unspecified atom stereocenters. The molecule has 1 N–H and O–H groups in total. The first-order valence-corrected chi connectivity index (χ1v) is 11.7. The van der Waals surface area contributed by atoms with E-state index in [0.29, 0.717) is 43.3 Å². The van der Waals surface area contributed by atoms with Crippen molar-refractivity contribution in [1.82, 2.24) is 29.5 Å². The minimum absolute atomic E-state index is 0.0150. The van der Waals surface area contributed by atoms with Gasteiger partial charge in [-0.3, -0.25) is 19.1 Å². The molecule has 0 bridgehead atoms. The van der Waals surface area contributed by atoms with E-state index in [0.717, 1.165) is 10.9 Å². The van der Waals surface area contributed by atoms with E-state index < -0.39 is 0 Å². The van der Waals surface area contributed by atoms with Crippen molar-refractivity contribution in [3.8, 4) is 0 Å². The fourth-order valence-corrected chi connectivity index (χ4v) is 4.17. The summed E-state index contributed by atoms with van der Waals surface area (Å²) in [6.07, 6.45) is 3.33. The molecule has 182 valence electrons. The van der Waals surface area contributed by atoms with E-state index in [1.807, 2.05) is 24.3 Å². The lowest BCUT2D eigenvalue weighted by Gasteiger charge is -2.34. The normalized spacial score (nSPS) is 13.6. The van der Waals surface area contributed by atoms with Crippen LogP contribution in [-0.2, 0) is 11.3 Å². The quantitative estimate of drug-likeness (QED) is 0.466. The van der Waals surface area contributed by atoms with Gasteiger partial charge in [-0.25, -0.2) is 9.97 Å². The van der Waals surface area contributed by atoms with Gasteiger partial charge in [0, 0.05) is 55.2 Å². The summed E-state index contributed by atoms with van der Waals surface area (Å²) in [5.74, 6) is 0.126. The number of carbonyl (C=O) groups is 3. The number of fused-ring (bicyclic) bond motifs is 1. The Morgan fingerprint density at radius 1 is 0.944 bits per heavy atom. The third-order valence-corrected chi connectivity index (χ3v) is 6.06. The molecule has 0 spiro atoms. The van der Waals surface area contributed by atoms with Crippen molar-refractivity contribution in [3.63, 3.8) is 0 Å². The summed E-state index contributed by atoms with van der Waals surface area (Å²) in [4.78, 5) is 49.7. The Labute approximate surface area is 207 Å². The number of piperazine rings is 1. The topological polar surface area (TPSA) is 113 Å². The third kappa shape index (κ3) is 5.07. The predicted molar refractivity (Wildman–Crippen MR) is 133 cm³/mol. The van der Waals surface area contributed by atoms with Gasteiger partial charge < -0.3 is 15.1 Å². The van der Waals surface area contributed by atoms with Crippen molar-refractivity contribution >= 4 is 34.3 Å². The minimum Gasteiger partial charge on any atom is -0.338 e. The highest BCUT2D eigenvalue weighted by atomic mass is 16.2. The van der Waals surface area contributed by atoms with Gasteiger partial charge in [-0.05, 0) is 43.3 Å². The van der Waals surface area contributed by atoms with Gasteiger partial charge in [0.2, 0.25) is 5.91 Å². The van der Waals surface area contributed by atoms with Gasteiger partial charge in [0.1, 0.15) is 18.1 Å². The Kier molecular flexibility index (Phi) is 6.40. The van der Waals surface area contributed by atoms with Gasteiger partial charge in [0.25, 0.3) is 11.8 Å². The van der Waals surface area contributed by atoms with Gasteiger partial charge in [0.15, 0.2) is 0 Å². The number of benzene rings is 2. The third-order valence-electron chi connectivity index (χ3n) is 6.06. The first-order chi connectivity index (χ1) is 17.5. The molecule has 5 rings (SSSR count). The van der Waals surface area contributed by atoms with E-state index >= 15 is 0 Å². The zero-order valence-electron chi connectivity index (χ0n) is 19.8. The minimum atomic E-state index is -0.327. The number of hydrogen-bond donors (Lipinski definition) is 1. The Hall–Kier alpha value is -4.60. The van der Waals surface area contributed by atoms with Crippen LogP contribution in [0.25, 0.3) is 10.9 Å². The highest BCUT2D eigenvalue weighted by molar-refractivity contribution is 6.03.